The third-order valence-electron chi connectivity index (χ3n) is 2.01. The average molecular weight is 245 g/mol. The zero-order valence-electron chi connectivity index (χ0n) is 9.28. The second-order valence-electron chi connectivity index (χ2n) is 3.43. The number of hydrogen-bond donors (Lipinski definition) is 1. The van der Waals surface area contributed by atoms with Crippen molar-refractivity contribution in [3.8, 4) is 5.75 Å². The average Bonchev–Trinajstić information content (AvgIpc) is 2.30. The number of rotatable bonds is 5. The van der Waals surface area contributed by atoms with Gasteiger partial charge in [0.15, 0.2) is 11.6 Å². The van der Waals surface area contributed by atoms with Crippen LogP contribution in [0.5, 0.6) is 5.75 Å². The molecule has 0 fully saturated rings. The molecule has 6 heteroatoms. The first-order valence-corrected chi connectivity index (χ1v) is 4.93. The Balaban J connectivity index is 2.44. The molecule has 0 saturated carbocycles. The van der Waals surface area contributed by atoms with Crippen LogP contribution < -0.4 is 10.5 Å². The van der Waals surface area contributed by atoms with Crippen molar-refractivity contribution >= 4 is 5.97 Å². The van der Waals surface area contributed by atoms with Gasteiger partial charge in [-0.2, -0.15) is 0 Å². The second-order valence-corrected chi connectivity index (χ2v) is 3.43. The molecule has 1 rings (SSSR count). The van der Waals surface area contributed by atoms with Crippen molar-refractivity contribution in [2.24, 2.45) is 5.73 Å². The Bertz CT molecular complexity index is 398. The summed E-state index contributed by atoms with van der Waals surface area (Å²) in [6, 6.07) is 2.59. The number of nitrogens with two attached hydrogens (primary N) is 1. The maximum Gasteiger partial charge on any atom is 0.307 e. The fraction of sp³-hybridized carbons (Fsp3) is 0.364. The molecule has 0 aromatic heterocycles. The first-order valence-electron chi connectivity index (χ1n) is 4.93. The normalized spacial score (nSPS) is 12.0. The van der Waals surface area contributed by atoms with Crippen molar-refractivity contribution in [2.75, 3.05) is 13.7 Å². The molecule has 0 aliphatic carbocycles. The summed E-state index contributed by atoms with van der Waals surface area (Å²) >= 11 is 0. The van der Waals surface area contributed by atoms with Gasteiger partial charge < -0.3 is 15.2 Å². The summed E-state index contributed by atoms with van der Waals surface area (Å²) in [5.74, 6) is -2.24. The van der Waals surface area contributed by atoms with Crippen LogP contribution in [0.25, 0.3) is 0 Å². The van der Waals surface area contributed by atoms with E-state index in [1.165, 1.54) is 13.2 Å². The molecule has 4 nitrogen and oxygen atoms in total. The summed E-state index contributed by atoms with van der Waals surface area (Å²) in [5.41, 5.74) is 5.57. The molecule has 0 saturated heterocycles. The molecule has 1 unspecified atom stereocenters. The van der Waals surface area contributed by atoms with Crippen LogP contribution in [0.1, 0.15) is 6.42 Å². The van der Waals surface area contributed by atoms with Crippen LogP contribution in [-0.4, -0.2) is 25.7 Å². The zero-order valence-corrected chi connectivity index (χ0v) is 9.28. The number of hydrogen-bond acceptors (Lipinski definition) is 4. The molecule has 0 heterocycles. The predicted octanol–water partition coefficient (Wildman–Crippen LogP) is 1.23. The van der Waals surface area contributed by atoms with Crippen LogP contribution in [0.15, 0.2) is 18.2 Å². The standard InChI is InChI=1S/C11H13F2NO3/c1-16-11(15)4-7(14)6-17-8-2-3-9(12)10(13)5-8/h2-3,5,7H,4,6,14H2,1H3. The highest BCUT2D eigenvalue weighted by atomic mass is 19.2. The highest BCUT2D eigenvalue weighted by Gasteiger charge is 2.11. The molecule has 1 atom stereocenters. The third-order valence-corrected chi connectivity index (χ3v) is 2.01. The van der Waals surface area contributed by atoms with Crippen molar-refractivity contribution in [2.45, 2.75) is 12.5 Å². The lowest BCUT2D eigenvalue weighted by Gasteiger charge is -2.12. The van der Waals surface area contributed by atoms with E-state index in [0.717, 1.165) is 12.1 Å². The lowest BCUT2D eigenvalue weighted by molar-refractivity contribution is -0.141. The van der Waals surface area contributed by atoms with E-state index in [9.17, 15) is 13.6 Å². The van der Waals surface area contributed by atoms with Gasteiger partial charge in [-0.15, -0.1) is 0 Å². The Hall–Kier alpha value is -1.69. The van der Waals surface area contributed by atoms with E-state index in [1.807, 2.05) is 0 Å². The molecule has 0 bridgehead atoms. The molecule has 17 heavy (non-hydrogen) atoms. The molecule has 1 aromatic carbocycles. The summed E-state index contributed by atoms with van der Waals surface area (Å²) in [6.45, 7) is 0.0141. The summed E-state index contributed by atoms with van der Waals surface area (Å²) in [7, 11) is 1.26. The van der Waals surface area contributed by atoms with Crippen LogP contribution in [0.2, 0.25) is 0 Å². The Morgan fingerprint density at radius 1 is 1.41 bits per heavy atom. The first kappa shape index (κ1) is 13.4. The number of benzene rings is 1. The number of carbonyl (C=O) groups excluding carboxylic acids is 1. The third kappa shape index (κ3) is 4.36. The van der Waals surface area contributed by atoms with Crippen LogP contribution in [0.4, 0.5) is 8.78 Å². The van der Waals surface area contributed by atoms with Crippen LogP contribution in [0.3, 0.4) is 0 Å². The molecular formula is C11H13F2NO3. The molecule has 1 aromatic rings. The van der Waals surface area contributed by atoms with Crippen LogP contribution in [0, 0.1) is 11.6 Å². The van der Waals surface area contributed by atoms with Crippen molar-refractivity contribution in [1.82, 2.24) is 0 Å². The van der Waals surface area contributed by atoms with Gasteiger partial charge >= 0.3 is 5.97 Å². The topological polar surface area (TPSA) is 61.5 Å². The lowest BCUT2D eigenvalue weighted by atomic mass is 10.2. The van der Waals surface area contributed by atoms with Gasteiger partial charge in [-0.25, -0.2) is 8.78 Å². The van der Waals surface area contributed by atoms with Gasteiger partial charge in [0.2, 0.25) is 0 Å². The number of halogens is 2. The largest absolute Gasteiger partial charge is 0.492 e. The first-order chi connectivity index (χ1) is 8.02. The van der Waals surface area contributed by atoms with Crippen molar-refractivity contribution in [3.63, 3.8) is 0 Å². The van der Waals surface area contributed by atoms with E-state index in [-0.39, 0.29) is 18.8 Å². The fourth-order valence-corrected chi connectivity index (χ4v) is 1.13. The van der Waals surface area contributed by atoms with E-state index in [2.05, 4.69) is 4.74 Å². The number of esters is 1. The predicted molar refractivity (Wildman–Crippen MR) is 56.5 cm³/mol. The number of methoxy groups -OCH3 is 1. The molecule has 0 spiro atoms. The van der Waals surface area contributed by atoms with Gasteiger partial charge in [-0.1, -0.05) is 0 Å². The van der Waals surface area contributed by atoms with Crippen LogP contribution in [-0.2, 0) is 9.53 Å². The van der Waals surface area contributed by atoms with Gasteiger partial charge in [-0.3, -0.25) is 4.79 Å². The van der Waals surface area contributed by atoms with E-state index < -0.39 is 23.6 Å². The number of ether oxygens (including phenoxy) is 2. The minimum absolute atomic E-state index is 0.000175. The maximum absolute atomic E-state index is 12.8. The highest BCUT2D eigenvalue weighted by Crippen LogP contribution is 2.15. The van der Waals surface area contributed by atoms with Gasteiger partial charge in [-0.05, 0) is 12.1 Å². The van der Waals surface area contributed by atoms with E-state index in [1.54, 1.807) is 0 Å². The molecule has 0 amide bonds. The SMILES string of the molecule is COC(=O)CC(N)COc1ccc(F)c(F)c1. The van der Waals surface area contributed by atoms with E-state index in [4.69, 9.17) is 10.5 Å². The molecule has 0 aliphatic rings. The fourth-order valence-electron chi connectivity index (χ4n) is 1.13. The minimum Gasteiger partial charge on any atom is -0.492 e. The van der Waals surface area contributed by atoms with E-state index in [0.29, 0.717) is 0 Å². The molecule has 0 aliphatic heterocycles. The quantitative estimate of drug-likeness (QED) is 0.793. The molecule has 2 N–H and O–H groups in total. The van der Waals surface area contributed by atoms with Crippen LogP contribution >= 0.6 is 0 Å². The maximum atomic E-state index is 12.8. The van der Waals surface area contributed by atoms with Gasteiger partial charge in [0.25, 0.3) is 0 Å². The minimum atomic E-state index is -0.996. The Labute approximate surface area is 97.3 Å². The highest BCUT2D eigenvalue weighted by molar-refractivity contribution is 5.69. The monoisotopic (exact) mass is 245 g/mol. The van der Waals surface area contributed by atoms with Crippen molar-refractivity contribution in [1.29, 1.82) is 0 Å². The molecular weight excluding hydrogens is 232 g/mol. The van der Waals surface area contributed by atoms with Crippen molar-refractivity contribution < 1.29 is 23.0 Å². The van der Waals surface area contributed by atoms with Crippen molar-refractivity contribution in [3.05, 3.63) is 29.8 Å². The Kier molecular flexibility index (Phi) is 4.84. The Morgan fingerprint density at radius 3 is 2.71 bits per heavy atom. The Morgan fingerprint density at radius 2 is 2.12 bits per heavy atom. The summed E-state index contributed by atoms with van der Waals surface area (Å²) in [5, 5.41) is 0. The summed E-state index contributed by atoms with van der Waals surface area (Å²) in [4.78, 5) is 10.9. The zero-order chi connectivity index (χ0) is 12.8. The van der Waals surface area contributed by atoms with Gasteiger partial charge in [0, 0.05) is 12.1 Å². The molecule has 0 radical (unpaired) electrons. The van der Waals surface area contributed by atoms with Gasteiger partial charge in [0.1, 0.15) is 12.4 Å². The molecule has 94 valence electrons. The lowest BCUT2D eigenvalue weighted by Crippen LogP contribution is -2.30. The smallest absolute Gasteiger partial charge is 0.307 e. The number of carbonyl (C=O) groups is 1. The van der Waals surface area contributed by atoms with Gasteiger partial charge in [0.05, 0.1) is 13.5 Å². The summed E-state index contributed by atoms with van der Waals surface area (Å²) in [6.07, 6.45) is 0.000175. The summed E-state index contributed by atoms with van der Waals surface area (Å²) < 4.78 is 34.9. The van der Waals surface area contributed by atoms with E-state index >= 15 is 0 Å². The second kappa shape index (κ2) is 6.15.